The average molecular weight is 173 g/mol. The van der Waals surface area contributed by atoms with Gasteiger partial charge in [-0.2, -0.15) is 0 Å². The van der Waals surface area contributed by atoms with Crippen LogP contribution in [0.25, 0.3) is 0 Å². The van der Waals surface area contributed by atoms with Gasteiger partial charge in [-0.1, -0.05) is 19.3 Å². The Morgan fingerprint density at radius 3 is 2.25 bits per heavy atom. The van der Waals surface area contributed by atoms with Gasteiger partial charge in [-0.3, -0.25) is 0 Å². The minimum atomic E-state index is -0.729. The summed E-state index contributed by atoms with van der Waals surface area (Å²) >= 11 is 0. The van der Waals surface area contributed by atoms with E-state index in [4.69, 9.17) is 5.73 Å². The molecule has 0 bridgehead atoms. The molecular weight excluding hydrogens is 154 g/mol. The van der Waals surface area contributed by atoms with Gasteiger partial charge in [-0.05, 0) is 18.8 Å². The van der Waals surface area contributed by atoms with Gasteiger partial charge < -0.3 is 15.9 Å². The Labute approximate surface area is 73.6 Å². The van der Waals surface area contributed by atoms with E-state index < -0.39 is 12.2 Å². The Kier molecular flexibility index (Phi) is 3.98. The molecule has 0 aromatic heterocycles. The monoisotopic (exact) mass is 173 g/mol. The molecule has 1 saturated carbocycles. The summed E-state index contributed by atoms with van der Waals surface area (Å²) in [6.45, 7) is 0.164. The Morgan fingerprint density at radius 1 is 1.17 bits per heavy atom. The average Bonchev–Trinajstić information content (AvgIpc) is 2.17. The van der Waals surface area contributed by atoms with E-state index in [1.807, 2.05) is 0 Å². The first-order chi connectivity index (χ1) is 5.75. The molecule has 2 unspecified atom stereocenters. The summed E-state index contributed by atoms with van der Waals surface area (Å²) in [5.41, 5.74) is 5.27. The lowest BCUT2D eigenvalue weighted by Gasteiger charge is -2.29. The fourth-order valence-electron chi connectivity index (χ4n) is 1.93. The van der Waals surface area contributed by atoms with E-state index in [0.29, 0.717) is 0 Å². The first-order valence-electron chi connectivity index (χ1n) is 4.82. The van der Waals surface area contributed by atoms with Crippen molar-refractivity contribution in [3.63, 3.8) is 0 Å². The SMILES string of the molecule is NCC(O)C(O)C1CCCCC1. The topological polar surface area (TPSA) is 66.5 Å². The summed E-state index contributed by atoms with van der Waals surface area (Å²) in [6, 6.07) is 0. The second-order valence-electron chi connectivity index (χ2n) is 3.69. The largest absolute Gasteiger partial charge is 0.390 e. The molecule has 72 valence electrons. The van der Waals surface area contributed by atoms with Gasteiger partial charge in [0.2, 0.25) is 0 Å². The van der Waals surface area contributed by atoms with Gasteiger partial charge in [0.1, 0.15) is 0 Å². The molecule has 4 N–H and O–H groups in total. The van der Waals surface area contributed by atoms with E-state index in [1.165, 1.54) is 19.3 Å². The Hall–Kier alpha value is -0.120. The molecule has 0 amide bonds. The van der Waals surface area contributed by atoms with Crippen LogP contribution in [0.3, 0.4) is 0 Å². The van der Waals surface area contributed by atoms with Crippen molar-refractivity contribution in [2.45, 2.75) is 44.3 Å². The number of aliphatic hydroxyl groups is 2. The number of hydrogen-bond donors (Lipinski definition) is 3. The molecule has 1 fully saturated rings. The molecule has 0 heterocycles. The standard InChI is InChI=1S/C9H19NO2/c10-6-8(11)9(12)7-4-2-1-3-5-7/h7-9,11-12H,1-6,10H2. The molecule has 0 radical (unpaired) electrons. The molecule has 1 aliphatic carbocycles. The molecule has 1 rings (SSSR count). The van der Waals surface area contributed by atoms with E-state index in [-0.39, 0.29) is 12.5 Å². The lowest BCUT2D eigenvalue weighted by Crippen LogP contribution is -2.39. The summed E-state index contributed by atoms with van der Waals surface area (Å²) in [5.74, 6) is 0.275. The number of aliphatic hydroxyl groups excluding tert-OH is 2. The van der Waals surface area contributed by atoms with Crippen molar-refractivity contribution in [2.24, 2.45) is 11.7 Å². The van der Waals surface area contributed by atoms with Crippen LogP contribution in [-0.2, 0) is 0 Å². The fraction of sp³-hybridized carbons (Fsp3) is 1.00. The van der Waals surface area contributed by atoms with Gasteiger partial charge in [0.25, 0.3) is 0 Å². The molecule has 0 saturated heterocycles. The smallest absolute Gasteiger partial charge is 0.0923 e. The second-order valence-corrected chi connectivity index (χ2v) is 3.69. The minimum absolute atomic E-state index is 0.164. The van der Waals surface area contributed by atoms with Gasteiger partial charge in [-0.15, -0.1) is 0 Å². The molecule has 0 spiro atoms. The van der Waals surface area contributed by atoms with Crippen LogP contribution in [0.4, 0.5) is 0 Å². The summed E-state index contributed by atoms with van der Waals surface area (Å²) in [4.78, 5) is 0. The first-order valence-corrected chi connectivity index (χ1v) is 4.82. The molecule has 3 nitrogen and oxygen atoms in total. The molecule has 0 aliphatic heterocycles. The van der Waals surface area contributed by atoms with E-state index in [0.717, 1.165) is 12.8 Å². The van der Waals surface area contributed by atoms with E-state index in [1.54, 1.807) is 0 Å². The minimum Gasteiger partial charge on any atom is -0.390 e. The van der Waals surface area contributed by atoms with Crippen LogP contribution in [0.5, 0.6) is 0 Å². The predicted molar refractivity (Wildman–Crippen MR) is 47.6 cm³/mol. The molecule has 12 heavy (non-hydrogen) atoms. The summed E-state index contributed by atoms with van der Waals surface area (Å²) < 4.78 is 0. The first kappa shape index (κ1) is 9.96. The third-order valence-electron chi connectivity index (χ3n) is 2.77. The van der Waals surface area contributed by atoms with Crippen LogP contribution in [-0.4, -0.2) is 29.0 Å². The zero-order valence-electron chi connectivity index (χ0n) is 7.45. The second kappa shape index (κ2) is 4.80. The lowest BCUT2D eigenvalue weighted by molar-refractivity contribution is -0.0220. The number of nitrogens with two attached hydrogens (primary N) is 1. The number of hydrogen-bond acceptors (Lipinski definition) is 3. The van der Waals surface area contributed by atoms with E-state index in [9.17, 15) is 10.2 Å². The summed E-state index contributed by atoms with van der Waals surface area (Å²) in [7, 11) is 0. The normalized spacial score (nSPS) is 25.2. The van der Waals surface area contributed by atoms with E-state index in [2.05, 4.69) is 0 Å². The third-order valence-corrected chi connectivity index (χ3v) is 2.77. The Balaban J connectivity index is 2.33. The van der Waals surface area contributed by atoms with Gasteiger partial charge in [0.15, 0.2) is 0 Å². The van der Waals surface area contributed by atoms with E-state index >= 15 is 0 Å². The van der Waals surface area contributed by atoms with Crippen LogP contribution < -0.4 is 5.73 Å². The highest BCUT2D eigenvalue weighted by Gasteiger charge is 2.26. The van der Waals surface area contributed by atoms with Gasteiger partial charge >= 0.3 is 0 Å². The zero-order valence-corrected chi connectivity index (χ0v) is 7.45. The van der Waals surface area contributed by atoms with Crippen LogP contribution in [0.15, 0.2) is 0 Å². The lowest BCUT2D eigenvalue weighted by atomic mass is 9.83. The number of rotatable bonds is 3. The summed E-state index contributed by atoms with van der Waals surface area (Å²) in [6.07, 6.45) is 4.37. The highest BCUT2D eigenvalue weighted by Crippen LogP contribution is 2.27. The van der Waals surface area contributed by atoms with Crippen molar-refractivity contribution in [2.75, 3.05) is 6.54 Å². The molecule has 0 aromatic carbocycles. The summed E-state index contributed by atoms with van der Waals surface area (Å²) in [5, 5.41) is 18.9. The Bertz CT molecular complexity index is 124. The van der Waals surface area contributed by atoms with Gasteiger partial charge in [0.05, 0.1) is 12.2 Å². The van der Waals surface area contributed by atoms with Gasteiger partial charge in [0, 0.05) is 6.54 Å². The maximum Gasteiger partial charge on any atom is 0.0923 e. The van der Waals surface area contributed by atoms with Crippen LogP contribution in [0.1, 0.15) is 32.1 Å². The van der Waals surface area contributed by atoms with Crippen molar-refractivity contribution in [3.8, 4) is 0 Å². The Morgan fingerprint density at radius 2 is 1.75 bits per heavy atom. The van der Waals surface area contributed by atoms with Crippen molar-refractivity contribution < 1.29 is 10.2 Å². The zero-order chi connectivity index (χ0) is 8.97. The molecule has 2 atom stereocenters. The van der Waals surface area contributed by atoms with Crippen molar-refractivity contribution in [3.05, 3.63) is 0 Å². The van der Waals surface area contributed by atoms with Crippen molar-refractivity contribution in [1.29, 1.82) is 0 Å². The molecular formula is C9H19NO2. The quantitative estimate of drug-likeness (QED) is 0.573. The van der Waals surface area contributed by atoms with Gasteiger partial charge in [-0.25, -0.2) is 0 Å². The molecule has 3 heteroatoms. The van der Waals surface area contributed by atoms with Crippen LogP contribution >= 0.6 is 0 Å². The fourth-order valence-corrected chi connectivity index (χ4v) is 1.93. The van der Waals surface area contributed by atoms with Crippen LogP contribution in [0, 0.1) is 5.92 Å². The van der Waals surface area contributed by atoms with Crippen molar-refractivity contribution >= 4 is 0 Å². The third kappa shape index (κ3) is 2.44. The van der Waals surface area contributed by atoms with Crippen LogP contribution in [0.2, 0.25) is 0 Å². The maximum atomic E-state index is 9.61. The molecule has 1 aliphatic rings. The highest BCUT2D eigenvalue weighted by atomic mass is 16.3. The predicted octanol–water partition coefficient (Wildman–Crippen LogP) is 0.247. The molecule has 0 aromatic rings. The van der Waals surface area contributed by atoms with Crippen molar-refractivity contribution in [1.82, 2.24) is 0 Å². The highest BCUT2D eigenvalue weighted by molar-refractivity contribution is 4.78. The maximum absolute atomic E-state index is 9.61.